The predicted octanol–water partition coefficient (Wildman–Crippen LogP) is 3.54. The quantitative estimate of drug-likeness (QED) is 0.862. The lowest BCUT2D eigenvalue weighted by Gasteiger charge is -2.31. The van der Waals surface area contributed by atoms with E-state index in [1.54, 1.807) is 6.07 Å². The Kier molecular flexibility index (Phi) is 4.97. The molecule has 2 N–H and O–H groups in total. The second-order valence-corrected chi connectivity index (χ2v) is 6.08. The molecule has 1 aromatic heterocycles. The summed E-state index contributed by atoms with van der Waals surface area (Å²) in [6.45, 7) is 1.06. The number of piperidine rings is 1. The van der Waals surface area contributed by atoms with E-state index in [0.29, 0.717) is 36.8 Å². The van der Waals surface area contributed by atoms with E-state index < -0.39 is 23.6 Å². The topological polar surface area (TPSA) is 78.4 Å². The van der Waals surface area contributed by atoms with Crippen LogP contribution in [0.1, 0.15) is 18.4 Å². The third-order valence-corrected chi connectivity index (χ3v) is 4.23. The molecule has 2 aromatic rings. The summed E-state index contributed by atoms with van der Waals surface area (Å²) in [6, 6.07) is 6.29. The highest BCUT2D eigenvalue weighted by molar-refractivity contribution is 5.71. The first-order chi connectivity index (χ1) is 12.3. The molecule has 0 aliphatic carbocycles. The van der Waals surface area contributed by atoms with Crippen LogP contribution in [0.15, 0.2) is 36.7 Å². The van der Waals surface area contributed by atoms with Crippen molar-refractivity contribution in [1.29, 1.82) is 0 Å². The molecule has 9 heteroatoms. The summed E-state index contributed by atoms with van der Waals surface area (Å²) in [5.41, 5.74) is -0.260. The van der Waals surface area contributed by atoms with Gasteiger partial charge in [0, 0.05) is 24.8 Å². The second kappa shape index (κ2) is 7.19. The van der Waals surface area contributed by atoms with Gasteiger partial charge in [-0.05, 0) is 37.1 Å². The number of benzene rings is 1. The zero-order valence-electron chi connectivity index (χ0n) is 13.7. The Morgan fingerprint density at radius 1 is 1.23 bits per heavy atom. The van der Waals surface area contributed by atoms with Gasteiger partial charge < -0.3 is 15.3 Å². The van der Waals surface area contributed by atoms with Crippen molar-refractivity contribution in [1.82, 2.24) is 9.97 Å². The zero-order chi connectivity index (χ0) is 18.7. The summed E-state index contributed by atoms with van der Waals surface area (Å²) in [5.74, 6) is -0.260. The smallest absolute Gasteiger partial charge is 0.416 e. The van der Waals surface area contributed by atoms with Crippen molar-refractivity contribution < 1.29 is 23.1 Å². The molecule has 0 radical (unpaired) electrons. The number of carboxylic acids is 1. The van der Waals surface area contributed by atoms with E-state index in [2.05, 4.69) is 15.3 Å². The summed E-state index contributed by atoms with van der Waals surface area (Å²) in [7, 11) is 0. The second-order valence-electron chi connectivity index (χ2n) is 6.08. The first-order valence-electron chi connectivity index (χ1n) is 8.07. The molecular formula is C17H17F3N4O2. The molecule has 1 atom stereocenters. The molecule has 1 aliphatic heterocycles. The third kappa shape index (κ3) is 4.22. The number of hydrogen-bond donors (Lipinski definition) is 2. The number of rotatable bonds is 4. The van der Waals surface area contributed by atoms with Crippen molar-refractivity contribution >= 4 is 23.3 Å². The first-order valence-corrected chi connectivity index (χ1v) is 8.07. The normalized spacial score (nSPS) is 17.8. The predicted molar refractivity (Wildman–Crippen MR) is 89.3 cm³/mol. The highest BCUT2D eigenvalue weighted by atomic mass is 19.4. The maximum atomic E-state index is 12.6. The number of alkyl halides is 3. The molecule has 1 saturated heterocycles. The van der Waals surface area contributed by atoms with E-state index in [4.69, 9.17) is 0 Å². The number of nitrogens with one attached hydrogen (secondary N) is 1. The standard InChI is InChI=1S/C17H17F3N4O2/c18-17(19,20)12-3-5-13(6-4-12)23-14-8-15(22-10-21-14)24-7-1-2-11(9-24)16(25)26/h3-6,8,10-11H,1-2,7,9H2,(H,25,26)(H,21,22,23)/t11-/m1/s1. The van der Waals surface area contributed by atoms with Gasteiger partial charge in [0.2, 0.25) is 0 Å². The minimum Gasteiger partial charge on any atom is -0.481 e. The van der Waals surface area contributed by atoms with Crippen LogP contribution in [0.3, 0.4) is 0 Å². The Morgan fingerprint density at radius 2 is 1.96 bits per heavy atom. The van der Waals surface area contributed by atoms with Gasteiger partial charge in [-0.25, -0.2) is 9.97 Å². The molecule has 0 amide bonds. The summed E-state index contributed by atoms with van der Waals surface area (Å²) < 4.78 is 37.8. The molecule has 0 saturated carbocycles. The molecule has 0 spiro atoms. The highest BCUT2D eigenvalue weighted by Crippen LogP contribution is 2.30. The SMILES string of the molecule is O=C(O)[C@@H]1CCCN(c2cc(Nc3ccc(C(F)(F)F)cc3)ncn2)C1. The van der Waals surface area contributed by atoms with E-state index in [1.807, 2.05) is 4.90 Å². The molecule has 26 heavy (non-hydrogen) atoms. The van der Waals surface area contributed by atoms with Gasteiger partial charge in [0.15, 0.2) is 0 Å². The third-order valence-electron chi connectivity index (χ3n) is 4.23. The molecule has 138 valence electrons. The maximum Gasteiger partial charge on any atom is 0.416 e. The molecule has 0 unspecified atom stereocenters. The summed E-state index contributed by atoms with van der Waals surface area (Å²) in [6.07, 6.45) is -1.65. The van der Waals surface area contributed by atoms with Gasteiger partial charge in [0.05, 0.1) is 11.5 Å². The Morgan fingerprint density at radius 3 is 2.62 bits per heavy atom. The Balaban J connectivity index is 1.72. The van der Waals surface area contributed by atoms with Gasteiger partial charge in [0.1, 0.15) is 18.0 Å². The molecule has 3 rings (SSSR count). The van der Waals surface area contributed by atoms with E-state index in [1.165, 1.54) is 18.5 Å². The van der Waals surface area contributed by atoms with E-state index in [0.717, 1.165) is 18.6 Å². The first kappa shape index (κ1) is 18.0. The van der Waals surface area contributed by atoms with Crippen molar-refractivity contribution in [3.8, 4) is 0 Å². The van der Waals surface area contributed by atoms with Crippen LogP contribution in [0.2, 0.25) is 0 Å². The maximum absolute atomic E-state index is 12.6. The monoisotopic (exact) mass is 366 g/mol. The van der Waals surface area contributed by atoms with Gasteiger partial charge in [-0.15, -0.1) is 0 Å². The molecule has 0 bridgehead atoms. The summed E-state index contributed by atoms with van der Waals surface area (Å²) >= 11 is 0. The van der Waals surface area contributed by atoms with Crippen LogP contribution in [-0.2, 0) is 11.0 Å². The van der Waals surface area contributed by atoms with Crippen LogP contribution in [0.4, 0.5) is 30.5 Å². The average molecular weight is 366 g/mol. The van der Waals surface area contributed by atoms with Gasteiger partial charge in [0.25, 0.3) is 0 Å². The van der Waals surface area contributed by atoms with Crippen molar-refractivity contribution in [2.75, 3.05) is 23.3 Å². The lowest BCUT2D eigenvalue weighted by Crippen LogP contribution is -2.39. The largest absolute Gasteiger partial charge is 0.481 e. The lowest BCUT2D eigenvalue weighted by molar-refractivity contribution is -0.142. The number of carbonyl (C=O) groups is 1. The minimum atomic E-state index is -4.38. The van der Waals surface area contributed by atoms with E-state index in [9.17, 15) is 23.1 Å². The molecule has 1 aliphatic rings. The Hall–Kier alpha value is -2.84. The highest BCUT2D eigenvalue weighted by Gasteiger charge is 2.30. The number of nitrogens with zero attached hydrogens (tertiary/aromatic N) is 3. The van der Waals surface area contributed by atoms with Gasteiger partial charge >= 0.3 is 12.1 Å². The fourth-order valence-corrected chi connectivity index (χ4v) is 2.87. The van der Waals surface area contributed by atoms with Crippen LogP contribution in [-0.4, -0.2) is 34.1 Å². The summed E-state index contributed by atoms with van der Waals surface area (Å²) in [5, 5.41) is 12.1. The van der Waals surface area contributed by atoms with Gasteiger partial charge in [-0.3, -0.25) is 4.79 Å². The van der Waals surface area contributed by atoms with Crippen LogP contribution in [0.5, 0.6) is 0 Å². The number of halogens is 3. The number of carboxylic acid groups (broad SMARTS) is 1. The van der Waals surface area contributed by atoms with Crippen molar-refractivity contribution in [3.63, 3.8) is 0 Å². The van der Waals surface area contributed by atoms with Crippen LogP contribution < -0.4 is 10.2 Å². The van der Waals surface area contributed by atoms with Crippen LogP contribution in [0.25, 0.3) is 0 Å². The van der Waals surface area contributed by atoms with E-state index >= 15 is 0 Å². The number of aromatic nitrogens is 2. The molecule has 1 fully saturated rings. The average Bonchev–Trinajstić information content (AvgIpc) is 2.62. The van der Waals surface area contributed by atoms with Crippen molar-refractivity contribution in [2.45, 2.75) is 19.0 Å². The Labute approximate surface area is 147 Å². The van der Waals surface area contributed by atoms with E-state index in [-0.39, 0.29) is 0 Å². The van der Waals surface area contributed by atoms with Crippen molar-refractivity contribution in [3.05, 3.63) is 42.2 Å². The molecule has 6 nitrogen and oxygen atoms in total. The zero-order valence-corrected chi connectivity index (χ0v) is 13.7. The lowest BCUT2D eigenvalue weighted by atomic mass is 9.98. The molecule has 2 heterocycles. The van der Waals surface area contributed by atoms with Crippen LogP contribution in [0, 0.1) is 5.92 Å². The Bertz CT molecular complexity index is 780. The molecule has 1 aromatic carbocycles. The van der Waals surface area contributed by atoms with Crippen molar-refractivity contribution in [2.24, 2.45) is 5.92 Å². The van der Waals surface area contributed by atoms with Gasteiger partial charge in [-0.2, -0.15) is 13.2 Å². The number of aliphatic carboxylic acids is 1. The number of hydrogen-bond acceptors (Lipinski definition) is 5. The molecular weight excluding hydrogens is 349 g/mol. The summed E-state index contributed by atoms with van der Waals surface area (Å²) in [4.78, 5) is 21.3. The number of anilines is 3. The fourth-order valence-electron chi connectivity index (χ4n) is 2.87. The minimum absolute atomic E-state index is 0.367. The van der Waals surface area contributed by atoms with Crippen LogP contribution >= 0.6 is 0 Å². The fraction of sp³-hybridized carbons (Fsp3) is 0.353. The van der Waals surface area contributed by atoms with Gasteiger partial charge in [-0.1, -0.05) is 0 Å².